The Morgan fingerprint density at radius 1 is 1.27 bits per heavy atom. The van der Waals surface area contributed by atoms with Crippen molar-refractivity contribution in [2.45, 2.75) is 12.8 Å². The molecule has 0 bridgehead atoms. The third kappa shape index (κ3) is 2.58. The second kappa shape index (κ2) is 5.29. The number of nitrogens with one attached hydrogen (secondary N) is 1. The van der Waals surface area contributed by atoms with Crippen LogP contribution in [0.15, 0.2) is 30.3 Å². The highest BCUT2D eigenvalue weighted by molar-refractivity contribution is 5.22. The molecule has 0 amide bonds. The smallest absolute Gasteiger partial charge is 0.0512 e. The van der Waals surface area contributed by atoms with Gasteiger partial charge in [-0.15, -0.1) is 0 Å². The van der Waals surface area contributed by atoms with E-state index in [0.29, 0.717) is 11.8 Å². The SMILES string of the molecule is CCOC[C@@H]1CNC[C@H]1c1ccccc1. The zero-order valence-corrected chi connectivity index (χ0v) is 9.28. The second-order valence-electron chi connectivity index (χ2n) is 4.09. The summed E-state index contributed by atoms with van der Waals surface area (Å²) in [5.41, 5.74) is 1.44. The molecule has 1 fully saturated rings. The van der Waals surface area contributed by atoms with Crippen LogP contribution in [0.1, 0.15) is 18.4 Å². The maximum atomic E-state index is 5.53. The predicted octanol–water partition coefficient (Wildman–Crippen LogP) is 2.03. The number of hydrogen-bond acceptors (Lipinski definition) is 2. The molecule has 1 saturated heterocycles. The monoisotopic (exact) mass is 205 g/mol. The largest absolute Gasteiger partial charge is 0.381 e. The molecular formula is C13H19NO. The fraction of sp³-hybridized carbons (Fsp3) is 0.538. The molecule has 2 nitrogen and oxygen atoms in total. The second-order valence-corrected chi connectivity index (χ2v) is 4.09. The standard InChI is InChI=1S/C13H19NO/c1-2-15-10-12-8-14-9-13(12)11-6-4-3-5-7-11/h3-7,12-14H,2,8-10H2,1H3/t12-,13-/m0/s1. The quantitative estimate of drug-likeness (QED) is 0.812. The Balaban J connectivity index is 2.01. The summed E-state index contributed by atoms with van der Waals surface area (Å²) in [5.74, 6) is 1.25. The Morgan fingerprint density at radius 3 is 2.80 bits per heavy atom. The summed E-state index contributed by atoms with van der Waals surface area (Å²) >= 11 is 0. The van der Waals surface area contributed by atoms with Gasteiger partial charge in [0.25, 0.3) is 0 Å². The van der Waals surface area contributed by atoms with Crippen LogP contribution in [0.2, 0.25) is 0 Å². The average Bonchev–Trinajstić information content (AvgIpc) is 2.75. The Bertz CT molecular complexity index is 286. The van der Waals surface area contributed by atoms with E-state index in [1.807, 2.05) is 0 Å². The molecule has 1 aliphatic heterocycles. The van der Waals surface area contributed by atoms with Crippen molar-refractivity contribution in [3.05, 3.63) is 35.9 Å². The molecule has 1 aromatic carbocycles. The van der Waals surface area contributed by atoms with Gasteiger partial charge in [0.2, 0.25) is 0 Å². The summed E-state index contributed by atoms with van der Waals surface area (Å²) in [6.45, 7) is 5.92. The van der Waals surface area contributed by atoms with Gasteiger partial charge in [-0.05, 0) is 12.5 Å². The van der Waals surface area contributed by atoms with Crippen molar-refractivity contribution in [1.29, 1.82) is 0 Å². The number of rotatable bonds is 4. The Morgan fingerprint density at radius 2 is 2.07 bits per heavy atom. The zero-order chi connectivity index (χ0) is 10.5. The summed E-state index contributed by atoms with van der Waals surface area (Å²) in [6, 6.07) is 10.7. The first-order chi connectivity index (χ1) is 7.42. The maximum absolute atomic E-state index is 5.53. The third-order valence-corrected chi connectivity index (χ3v) is 3.10. The predicted molar refractivity (Wildman–Crippen MR) is 62.0 cm³/mol. The topological polar surface area (TPSA) is 21.3 Å². The van der Waals surface area contributed by atoms with Gasteiger partial charge in [0.15, 0.2) is 0 Å². The molecule has 0 unspecified atom stereocenters. The van der Waals surface area contributed by atoms with E-state index in [1.54, 1.807) is 0 Å². The van der Waals surface area contributed by atoms with Crippen molar-refractivity contribution in [3.8, 4) is 0 Å². The minimum Gasteiger partial charge on any atom is -0.381 e. The first kappa shape index (κ1) is 10.7. The maximum Gasteiger partial charge on any atom is 0.0512 e. The fourth-order valence-electron chi connectivity index (χ4n) is 2.27. The molecule has 1 N–H and O–H groups in total. The minimum absolute atomic E-state index is 0.623. The van der Waals surface area contributed by atoms with Gasteiger partial charge in [-0.1, -0.05) is 30.3 Å². The van der Waals surface area contributed by atoms with Crippen LogP contribution < -0.4 is 5.32 Å². The summed E-state index contributed by atoms with van der Waals surface area (Å²) in [7, 11) is 0. The van der Waals surface area contributed by atoms with Crippen LogP contribution in [-0.2, 0) is 4.74 Å². The lowest BCUT2D eigenvalue weighted by atomic mass is 9.89. The average molecular weight is 205 g/mol. The van der Waals surface area contributed by atoms with E-state index < -0.39 is 0 Å². The van der Waals surface area contributed by atoms with Crippen molar-refractivity contribution < 1.29 is 4.74 Å². The third-order valence-electron chi connectivity index (χ3n) is 3.10. The van der Waals surface area contributed by atoms with Gasteiger partial charge in [0, 0.05) is 31.5 Å². The van der Waals surface area contributed by atoms with Gasteiger partial charge in [0.05, 0.1) is 6.61 Å². The summed E-state index contributed by atoms with van der Waals surface area (Å²) in [6.07, 6.45) is 0. The number of hydrogen-bond donors (Lipinski definition) is 1. The highest BCUT2D eigenvalue weighted by Crippen LogP contribution is 2.27. The molecule has 0 radical (unpaired) electrons. The number of benzene rings is 1. The highest BCUT2D eigenvalue weighted by Gasteiger charge is 2.27. The van der Waals surface area contributed by atoms with Crippen LogP contribution in [0.25, 0.3) is 0 Å². The molecule has 0 aliphatic carbocycles. The summed E-state index contributed by atoms with van der Waals surface area (Å²) in [5, 5.41) is 3.45. The molecule has 1 aromatic rings. The molecule has 0 aromatic heterocycles. The van der Waals surface area contributed by atoms with E-state index in [1.165, 1.54) is 5.56 Å². The van der Waals surface area contributed by atoms with Crippen molar-refractivity contribution >= 4 is 0 Å². The van der Waals surface area contributed by atoms with Crippen molar-refractivity contribution in [2.24, 2.45) is 5.92 Å². The van der Waals surface area contributed by atoms with Crippen LogP contribution in [0.4, 0.5) is 0 Å². The Hall–Kier alpha value is -0.860. The molecular weight excluding hydrogens is 186 g/mol. The van der Waals surface area contributed by atoms with E-state index in [-0.39, 0.29) is 0 Å². The van der Waals surface area contributed by atoms with E-state index in [9.17, 15) is 0 Å². The number of ether oxygens (including phenoxy) is 1. The summed E-state index contributed by atoms with van der Waals surface area (Å²) < 4.78 is 5.53. The van der Waals surface area contributed by atoms with E-state index >= 15 is 0 Å². The van der Waals surface area contributed by atoms with E-state index in [0.717, 1.165) is 26.3 Å². The molecule has 82 valence electrons. The zero-order valence-electron chi connectivity index (χ0n) is 9.28. The van der Waals surface area contributed by atoms with Gasteiger partial charge in [-0.25, -0.2) is 0 Å². The molecule has 2 atom stereocenters. The van der Waals surface area contributed by atoms with Gasteiger partial charge in [-0.2, -0.15) is 0 Å². The van der Waals surface area contributed by atoms with Crippen molar-refractivity contribution in [1.82, 2.24) is 5.32 Å². The Labute approximate surface area is 91.6 Å². The van der Waals surface area contributed by atoms with Gasteiger partial charge >= 0.3 is 0 Å². The van der Waals surface area contributed by atoms with Crippen LogP contribution >= 0.6 is 0 Å². The highest BCUT2D eigenvalue weighted by atomic mass is 16.5. The lowest BCUT2D eigenvalue weighted by Gasteiger charge is -2.18. The molecule has 1 heterocycles. The molecule has 1 aliphatic rings. The summed E-state index contributed by atoms with van der Waals surface area (Å²) in [4.78, 5) is 0. The van der Waals surface area contributed by atoms with Gasteiger partial charge in [0.1, 0.15) is 0 Å². The van der Waals surface area contributed by atoms with Gasteiger partial charge < -0.3 is 10.1 Å². The van der Waals surface area contributed by atoms with Crippen LogP contribution in [0.5, 0.6) is 0 Å². The normalized spacial score (nSPS) is 25.7. The lowest BCUT2D eigenvalue weighted by molar-refractivity contribution is 0.111. The van der Waals surface area contributed by atoms with Crippen LogP contribution in [0, 0.1) is 5.92 Å². The van der Waals surface area contributed by atoms with Crippen LogP contribution in [0.3, 0.4) is 0 Å². The van der Waals surface area contributed by atoms with E-state index in [4.69, 9.17) is 4.74 Å². The molecule has 2 heteroatoms. The fourth-order valence-corrected chi connectivity index (χ4v) is 2.27. The van der Waals surface area contributed by atoms with Crippen molar-refractivity contribution in [3.63, 3.8) is 0 Å². The first-order valence-corrected chi connectivity index (χ1v) is 5.75. The molecule has 15 heavy (non-hydrogen) atoms. The minimum atomic E-state index is 0.623. The molecule has 2 rings (SSSR count). The molecule has 0 spiro atoms. The van der Waals surface area contributed by atoms with Crippen LogP contribution in [-0.4, -0.2) is 26.3 Å². The van der Waals surface area contributed by atoms with Gasteiger partial charge in [-0.3, -0.25) is 0 Å². The lowest BCUT2D eigenvalue weighted by Crippen LogP contribution is -2.17. The Kier molecular flexibility index (Phi) is 3.75. The molecule has 0 saturated carbocycles. The van der Waals surface area contributed by atoms with Crippen molar-refractivity contribution in [2.75, 3.05) is 26.3 Å². The van der Waals surface area contributed by atoms with E-state index in [2.05, 4.69) is 42.6 Å². The first-order valence-electron chi connectivity index (χ1n) is 5.75.